The van der Waals surface area contributed by atoms with Crippen molar-refractivity contribution in [2.24, 2.45) is 0 Å². The summed E-state index contributed by atoms with van der Waals surface area (Å²) in [7, 11) is 0. The molecule has 2 fully saturated rings. The highest BCUT2D eigenvalue weighted by Gasteiger charge is 2.39. The molecule has 3 N–H and O–H groups in total. The van der Waals surface area contributed by atoms with E-state index in [1.165, 1.54) is 0 Å². The van der Waals surface area contributed by atoms with Crippen LogP contribution in [0.25, 0.3) is 0 Å². The first kappa shape index (κ1) is 6.58. The van der Waals surface area contributed by atoms with Gasteiger partial charge in [0.05, 0.1) is 12.2 Å². The van der Waals surface area contributed by atoms with Gasteiger partial charge in [-0.05, 0) is 19.3 Å². The Morgan fingerprint density at radius 1 is 1.20 bits per heavy atom. The molecule has 0 aromatic heterocycles. The molecule has 2 aliphatic rings. The Balaban J connectivity index is 2.09. The maximum atomic E-state index is 9.35. The molecule has 0 aliphatic carbocycles. The number of rotatable bonds is 0. The Kier molecular flexibility index (Phi) is 1.44. The van der Waals surface area contributed by atoms with Gasteiger partial charge in [-0.15, -0.1) is 0 Å². The predicted molar refractivity (Wildman–Crippen MR) is 36.6 cm³/mol. The van der Waals surface area contributed by atoms with Crippen molar-refractivity contribution in [1.82, 2.24) is 5.32 Å². The summed E-state index contributed by atoms with van der Waals surface area (Å²) >= 11 is 0. The van der Waals surface area contributed by atoms with Crippen molar-refractivity contribution in [2.75, 3.05) is 0 Å². The Labute approximate surface area is 60.1 Å². The number of piperidine rings is 1. The van der Waals surface area contributed by atoms with Gasteiger partial charge in [0.25, 0.3) is 0 Å². The summed E-state index contributed by atoms with van der Waals surface area (Å²) in [5, 5.41) is 21.9. The molecule has 2 aliphatic heterocycles. The zero-order valence-corrected chi connectivity index (χ0v) is 5.83. The van der Waals surface area contributed by atoms with Gasteiger partial charge in [-0.3, -0.25) is 0 Å². The van der Waals surface area contributed by atoms with Crippen LogP contribution in [0.3, 0.4) is 0 Å². The van der Waals surface area contributed by atoms with Crippen LogP contribution in [0.4, 0.5) is 0 Å². The molecule has 2 bridgehead atoms. The fraction of sp³-hybridized carbons (Fsp3) is 1.00. The van der Waals surface area contributed by atoms with Crippen LogP contribution in [0.1, 0.15) is 19.3 Å². The summed E-state index contributed by atoms with van der Waals surface area (Å²) in [6.07, 6.45) is 1.83. The van der Waals surface area contributed by atoms with E-state index in [-0.39, 0.29) is 6.04 Å². The lowest BCUT2D eigenvalue weighted by atomic mass is 10.00. The lowest BCUT2D eigenvalue weighted by Crippen LogP contribution is -2.51. The van der Waals surface area contributed by atoms with Gasteiger partial charge in [0.1, 0.15) is 0 Å². The van der Waals surface area contributed by atoms with Gasteiger partial charge in [-0.2, -0.15) is 0 Å². The first-order valence-electron chi connectivity index (χ1n) is 3.89. The zero-order chi connectivity index (χ0) is 7.14. The van der Waals surface area contributed by atoms with Crippen molar-refractivity contribution in [2.45, 2.75) is 43.6 Å². The number of aliphatic hydroxyl groups excluding tert-OH is 2. The van der Waals surface area contributed by atoms with Gasteiger partial charge in [-0.25, -0.2) is 0 Å². The van der Waals surface area contributed by atoms with Gasteiger partial charge in [0.15, 0.2) is 0 Å². The maximum Gasteiger partial charge on any atom is 0.0952 e. The SMILES string of the molecule is OC1CC2CCC(N2)C1O. The van der Waals surface area contributed by atoms with E-state index in [1.54, 1.807) is 0 Å². The molecule has 3 heteroatoms. The highest BCUT2D eigenvalue weighted by Crippen LogP contribution is 2.26. The minimum absolute atomic E-state index is 0.161. The molecular weight excluding hydrogens is 130 g/mol. The predicted octanol–water partition coefficient (Wildman–Crippen LogP) is -0.768. The molecule has 4 unspecified atom stereocenters. The smallest absolute Gasteiger partial charge is 0.0952 e. The Hall–Kier alpha value is -0.120. The molecule has 2 heterocycles. The van der Waals surface area contributed by atoms with E-state index in [1.807, 2.05) is 0 Å². The van der Waals surface area contributed by atoms with Gasteiger partial charge in [0, 0.05) is 12.1 Å². The number of nitrogens with one attached hydrogen (secondary N) is 1. The fourth-order valence-electron chi connectivity index (χ4n) is 2.00. The molecule has 0 amide bonds. The van der Waals surface area contributed by atoms with Crippen molar-refractivity contribution in [3.05, 3.63) is 0 Å². The summed E-state index contributed by atoms with van der Waals surface area (Å²) in [5.41, 5.74) is 0. The topological polar surface area (TPSA) is 52.5 Å². The standard InChI is InChI=1S/C7H13NO2/c9-6-3-4-1-2-5(8-4)7(6)10/h4-10H,1-3H2. The fourth-order valence-corrected chi connectivity index (χ4v) is 2.00. The Morgan fingerprint density at radius 3 is 2.80 bits per heavy atom. The van der Waals surface area contributed by atoms with Crippen LogP contribution in [0.5, 0.6) is 0 Å². The first-order chi connectivity index (χ1) is 4.77. The van der Waals surface area contributed by atoms with Gasteiger partial charge in [0.2, 0.25) is 0 Å². The van der Waals surface area contributed by atoms with Crippen molar-refractivity contribution < 1.29 is 10.2 Å². The molecule has 0 radical (unpaired) electrons. The van der Waals surface area contributed by atoms with Crippen molar-refractivity contribution >= 4 is 0 Å². The minimum Gasteiger partial charge on any atom is -0.390 e. The average Bonchev–Trinajstić information content (AvgIpc) is 2.29. The van der Waals surface area contributed by atoms with Crippen LogP contribution in [-0.2, 0) is 0 Å². The van der Waals surface area contributed by atoms with E-state index < -0.39 is 12.2 Å². The summed E-state index contributed by atoms with van der Waals surface area (Å²) in [5.74, 6) is 0. The first-order valence-corrected chi connectivity index (χ1v) is 3.89. The lowest BCUT2D eigenvalue weighted by Gasteiger charge is -2.30. The highest BCUT2D eigenvalue weighted by molar-refractivity contribution is 4.97. The maximum absolute atomic E-state index is 9.35. The van der Waals surface area contributed by atoms with Crippen molar-refractivity contribution in [1.29, 1.82) is 0 Å². The van der Waals surface area contributed by atoms with Crippen LogP contribution >= 0.6 is 0 Å². The Morgan fingerprint density at radius 2 is 2.00 bits per heavy atom. The number of hydrogen-bond acceptors (Lipinski definition) is 3. The van der Waals surface area contributed by atoms with Crippen molar-refractivity contribution in [3.8, 4) is 0 Å². The summed E-state index contributed by atoms with van der Waals surface area (Å²) in [6, 6.07) is 0.622. The third kappa shape index (κ3) is 0.856. The Bertz CT molecular complexity index is 140. The summed E-state index contributed by atoms with van der Waals surface area (Å²) in [6.45, 7) is 0. The van der Waals surface area contributed by atoms with Crippen LogP contribution in [0.2, 0.25) is 0 Å². The molecule has 2 rings (SSSR count). The van der Waals surface area contributed by atoms with Crippen LogP contribution in [0, 0.1) is 0 Å². The third-order valence-corrected chi connectivity index (χ3v) is 2.61. The van der Waals surface area contributed by atoms with Gasteiger partial charge < -0.3 is 15.5 Å². The molecular formula is C7H13NO2. The van der Waals surface area contributed by atoms with Gasteiger partial charge in [-0.1, -0.05) is 0 Å². The molecule has 0 aromatic rings. The third-order valence-electron chi connectivity index (χ3n) is 2.61. The average molecular weight is 143 g/mol. The second kappa shape index (κ2) is 2.19. The molecule has 10 heavy (non-hydrogen) atoms. The summed E-state index contributed by atoms with van der Waals surface area (Å²) < 4.78 is 0. The molecule has 3 nitrogen and oxygen atoms in total. The van der Waals surface area contributed by atoms with Crippen molar-refractivity contribution in [3.63, 3.8) is 0 Å². The molecule has 0 saturated carbocycles. The number of hydrogen-bond donors (Lipinski definition) is 3. The number of fused-ring (bicyclic) bond motifs is 2. The van der Waals surface area contributed by atoms with Crippen LogP contribution < -0.4 is 5.32 Å². The summed E-state index contributed by atoms with van der Waals surface area (Å²) in [4.78, 5) is 0. The molecule has 58 valence electrons. The number of aliphatic hydroxyl groups is 2. The molecule has 4 atom stereocenters. The van der Waals surface area contributed by atoms with Gasteiger partial charge >= 0.3 is 0 Å². The highest BCUT2D eigenvalue weighted by atomic mass is 16.3. The van der Waals surface area contributed by atoms with E-state index in [2.05, 4.69) is 5.32 Å². The lowest BCUT2D eigenvalue weighted by molar-refractivity contribution is -0.0237. The molecule has 2 saturated heterocycles. The van der Waals surface area contributed by atoms with Crippen LogP contribution in [0.15, 0.2) is 0 Å². The van der Waals surface area contributed by atoms with E-state index in [0.29, 0.717) is 6.04 Å². The second-order valence-corrected chi connectivity index (χ2v) is 3.34. The molecule has 0 aromatic carbocycles. The van der Waals surface area contributed by atoms with E-state index in [9.17, 15) is 10.2 Å². The van der Waals surface area contributed by atoms with E-state index in [0.717, 1.165) is 19.3 Å². The van der Waals surface area contributed by atoms with E-state index >= 15 is 0 Å². The minimum atomic E-state index is -0.529. The second-order valence-electron chi connectivity index (χ2n) is 3.34. The quantitative estimate of drug-likeness (QED) is 0.417. The van der Waals surface area contributed by atoms with E-state index in [4.69, 9.17) is 0 Å². The molecule has 0 spiro atoms. The van der Waals surface area contributed by atoms with Crippen LogP contribution in [-0.4, -0.2) is 34.5 Å². The largest absolute Gasteiger partial charge is 0.390 e. The normalized spacial score (nSPS) is 53.4. The zero-order valence-electron chi connectivity index (χ0n) is 5.83. The monoisotopic (exact) mass is 143 g/mol.